The Morgan fingerprint density at radius 2 is 0.839 bits per heavy atom. The van der Waals surface area contributed by atoms with E-state index in [1.165, 1.54) is 43.4 Å². The molecule has 0 aliphatic rings. The molecule has 12 aromatic rings. The fourth-order valence-electron chi connectivity index (χ4n) is 8.73. The zero-order chi connectivity index (χ0) is 36.7. The molecule has 0 atom stereocenters. The predicted molar refractivity (Wildman–Crippen MR) is 229 cm³/mol. The van der Waals surface area contributed by atoms with Crippen molar-refractivity contribution in [1.29, 1.82) is 0 Å². The van der Waals surface area contributed by atoms with Crippen LogP contribution < -0.4 is 0 Å². The van der Waals surface area contributed by atoms with Gasteiger partial charge >= 0.3 is 0 Å². The van der Waals surface area contributed by atoms with Crippen molar-refractivity contribution in [3.8, 4) is 51.0 Å². The summed E-state index contributed by atoms with van der Waals surface area (Å²) in [6.45, 7) is 0. The van der Waals surface area contributed by atoms with Gasteiger partial charge in [0.15, 0.2) is 17.5 Å². The molecule has 56 heavy (non-hydrogen) atoms. The van der Waals surface area contributed by atoms with Crippen molar-refractivity contribution in [3.05, 3.63) is 182 Å². The Balaban J connectivity index is 1.07. The number of furan rings is 1. The Bertz CT molecular complexity index is 3400. The second-order valence-electron chi connectivity index (χ2n) is 14.3. The number of benzene rings is 9. The van der Waals surface area contributed by atoms with Gasteiger partial charge in [-0.2, -0.15) is 0 Å². The van der Waals surface area contributed by atoms with Crippen molar-refractivity contribution in [1.82, 2.24) is 19.5 Å². The minimum absolute atomic E-state index is 0.568. The SMILES string of the molecule is c1ccc(-c2nc(-c3ccccc3)nc(-c3cccc4c3oc3c(-c5ccc6c(c5)c5cccc7c5c5c6cccc5n7-c5ccccc5)cccc34)n2)cc1. The number of fused-ring (bicyclic) bond motifs is 6. The van der Waals surface area contributed by atoms with Crippen LogP contribution in [0.2, 0.25) is 0 Å². The Kier molecular flexibility index (Phi) is 6.56. The zero-order valence-electron chi connectivity index (χ0n) is 30.0. The van der Waals surface area contributed by atoms with E-state index in [2.05, 4.69) is 120 Å². The summed E-state index contributed by atoms with van der Waals surface area (Å²) in [5.74, 6) is 1.80. The average Bonchev–Trinajstić information content (AvgIpc) is 3.83. The summed E-state index contributed by atoms with van der Waals surface area (Å²) in [4.78, 5) is 15.0. The van der Waals surface area contributed by atoms with E-state index in [4.69, 9.17) is 19.4 Å². The predicted octanol–water partition coefficient (Wildman–Crippen LogP) is 13.3. The summed E-state index contributed by atoms with van der Waals surface area (Å²) in [6, 6.07) is 63.7. The number of hydrogen-bond acceptors (Lipinski definition) is 4. The topological polar surface area (TPSA) is 56.7 Å². The number of aromatic nitrogens is 4. The van der Waals surface area contributed by atoms with Crippen molar-refractivity contribution in [2.45, 2.75) is 0 Å². The van der Waals surface area contributed by atoms with Crippen LogP contribution in [0.5, 0.6) is 0 Å². The quantitative estimate of drug-likeness (QED) is 0.167. The van der Waals surface area contributed by atoms with Gasteiger partial charge in [-0.05, 0) is 63.5 Å². The third-order valence-electron chi connectivity index (χ3n) is 11.2. The monoisotopic (exact) mass is 714 g/mol. The van der Waals surface area contributed by atoms with Gasteiger partial charge in [0.05, 0.1) is 16.6 Å². The van der Waals surface area contributed by atoms with Crippen LogP contribution in [0.4, 0.5) is 0 Å². The number of hydrogen-bond donors (Lipinski definition) is 0. The maximum Gasteiger partial charge on any atom is 0.167 e. The van der Waals surface area contributed by atoms with Crippen LogP contribution in [0, 0.1) is 0 Å². The minimum Gasteiger partial charge on any atom is -0.455 e. The second kappa shape index (κ2) is 11.9. The van der Waals surface area contributed by atoms with Gasteiger partial charge in [0, 0.05) is 43.9 Å². The number of nitrogens with zero attached hydrogens (tertiary/aromatic N) is 4. The summed E-state index contributed by atoms with van der Waals surface area (Å²) in [6.07, 6.45) is 0. The van der Waals surface area contributed by atoms with Gasteiger partial charge in [0.2, 0.25) is 0 Å². The lowest BCUT2D eigenvalue weighted by atomic mass is 9.92. The smallest absolute Gasteiger partial charge is 0.167 e. The van der Waals surface area contributed by atoms with Crippen LogP contribution in [0.15, 0.2) is 186 Å². The van der Waals surface area contributed by atoms with Crippen molar-refractivity contribution in [3.63, 3.8) is 0 Å². The molecule has 0 unspecified atom stereocenters. The molecule has 0 aliphatic carbocycles. The Labute approximate surface area is 321 Å². The summed E-state index contributed by atoms with van der Waals surface area (Å²) in [5, 5.41) is 9.63. The highest BCUT2D eigenvalue weighted by Gasteiger charge is 2.22. The van der Waals surface area contributed by atoms with Crippen molar-refractivity contribution >= 4 is 65.3 Å². The second-order valence-corrected chi connectivity index (χ2v) is 14.3. The first-order chi connectivity index (χ1) is 27.8. The van der Waals surface area contributed by atoms with Gasteiger partial charge in [-0.25, -0.2) is 15.0 Å². The molecule has 0 spiro atoms. The maximum atomic E-state index is 6.97. The molecule has 0 aliphatic heterocycles. The van der Waals surface area contributed by atoms with Gasteiger partial charge in [-0.3, -0.25) is 0 Å². The molecule has 3 heterocycles. The lowest BCUT2D eigenvalue weighted by Crippen LogP contribution is -2.00. The number of rotatable bonds is 5. The molecular formula is C51H30N4O. The minimum atomic E-state index is 0.568. The van der Waals surface area contributed by atoms with E-state index in [1.807, 2.05) is 66.7 Å². The van der Waals surface area contributed by atoms with Gasteiger partial charge < -0.3 is 8.98 Å². The molecular weight excluding hydrogens is 685 g/mol. The molecule has 0 amide bonds. The largest absolute Gasteiger partial charge is 0.455 e. The Hall–Kier alpha value is -7.63. The standard InChI is InChI=1S/C51H30N4O/c1-4-14-31(15-5-1)49-52-50(32-16-6-2-7-17-32)54-51(53-49)41-25-11-24-40-39-23-10-20-35(47(39)56-48(40)41)33-28-29-36-37-21-12-26-43-45(37)46-38(42(36)30-33)22-13-27-44(46)55(43)34-18-8-3-9-19-34/h1-30H. The highest BCUT2D eigenvalue weighted by Crippen LogP contribution is 2.46. The van der Waals surface area contributed by atoms with Crippen LogP contribution in [0.25, 0.3) is 116 Å². The lowest BCUT2D eigenvalue weighted by Gasteiger charge is -2.11. The molecule has 0 bridgehead atoms. The summed E-state index contributed by atoms with van der Waals surface area (Å²) in [5.41, 5.74) is 9.99. The first-order valence-corrected chi connectivity index (χ1v) is 18.9. The van der Waals surface area contributed by atoms with Crippen molar-refractivity contribution in [2.75, 3.05) is 0 Å². The zero-order valence-corrected chi connectivity index (χ0v) is 30.0. The molecule has 260 valence electrons. The van der Waals surface area contributed by atoms with E-state index >= 15 is 0 Å². The molecule has 0 saturated heterocycles. The first kappa shape index (κ1) is 30.8. The molecule has 5 heteroatoms. The summed E-state index contributed by atoms with van der Waals surface area (Å²) in [7, 11) is 0. The third kappa shape index (κ3) is 4.52. The van der Waals surface area contributed by atoms with Gasteiger partial charge in [0.1, 0.15) is 11.2 Å². The van der Waals surface area contributed by atoms with Crippen LogP contribution in [-0.4, -0.2) is 19.5 Å². The lowest BCUT2D eigenvalue weighted by molar-refractivity contribution is 0.670. The molecule has 0 radical (unpaired) electrons. The van der Waals surface area contributed by atoms with Crippen LogP contribution in [-0.2, 0) is 0 Å². The van der Waals surface area contributed by atoms with E-state index in [1.54, 1.807) is 0 Å². The van der Waals surface area contributed by atoms with Crippen LogP contribution >= 0.6 is 0 Å². The maximum absolute atomic E-state index is 6.97. The van der Waals surface area contributed by atoms with Gasteiger partial charge in [0.25, 0.3) is 0 Å². The van der Waals surface area contributed by atoms with E-state index in [9.17, 15) is 0 Å². The van der Waals surface area contributed by atoms with E-state index in [0.717, 1.165) is 55.4 Å². The van der Waals surface area contributed by atoms with Gasteiger partial charge in [-0.1, -0.05) is 146 Å². The fourth-order valence-corrected chi connectivity index (χ4v) is 8.73. The molecule has 5 nitrogen and oxygen atoms in total. The van der Waals surface area contributed by atoms with Gasteiger partial charge in [-0.15, -0.1) is 0 Å². The van der Waals surface area contributed by atoms with E-state index in [-0.39, 0.29) is 0 Å². The normalized spacial score (nSPS) is 11.9. The Morgan fingerprint density at radius 3 is 1.46 bits per heavy atom. The molecule has 9 aromatic carbocycles. The Morgan fingerprint density at radius 1 is 0.339 bits per heavy atom. The third-order valence-corrected chi connectivity index (χ3v) is 11.2. The van der Waals surface area contributed by atoms with Crippen LogP contribution in [0.3, 0.4) is 0 Å². The van der Waals surface area contributed by atoms with E-state index < -0.39 is 0 Å². The number of para-hydroxylation sites is 3. The van der Waals surface area contributed by atoms with Crippen LogP contribution in [0.1, 0.15) is 0 Å². The summed E-state index contributed by atoms with van der Waals surface area (Å²) >= 11 is 0. The van der Waals surface area contributed by atoms with E-state index in [0.29, 0.717) is 17.5 Å². The first-order valence-electron chi connectivity index (χ1n) is 18.9. The van der Waals surface area contributed by atoms with Crippen molar-refractivity contribution < 1.29 is 4.42 Å². The molecule has 12 rings (SSSR count). The molecule has 0 fully saturated rings. The molecule has 0 saturated carbocycles. The molecule has 0 N–H and O–H groups in total. The van der Waals surface area contributed by atoms with Crippen molar-refractivity contribution in [2.24, 2.45) is 0 Å². The average molecular weight is 715 g/mol. The summed E-state index contributed by atoms with van der Waals surface area (Å²) < 4.78 is 9.37. The molecule has 3 aromatic heterocycles. The highest BCUT2D eigenvalue weighted by molar-refractivity contribution is 6.34. The highest BCUT2D eigenvalue weighted by atomic mass is 16.3. The fraction of sp³-hybridized carbons (Fsp3) is 0.